The molecule has 0 aliphatic heterocycles. The fraction of sp³-hybridized carbons (Fsp3) is 0.273. The van der Waals surface area contributed by atoms with Crippen LogP contribution in [0.3, 0.4) is 0 Å². The lowest BCUT2D eigenvalue weighted by Crippen LogP contribution is -2.12. The molecule has 0 aliphatic rings. The Bertz CT molecular complexity index is 885. The molecule has 0 bridgehead atoms. The minimum Gasteiger partial charge on any atom is -0.489 e. The first kappa shape index (κ1) is 19.6. The highest BCUT2D eigenvalue weighted by molar-refractivity contribution is 5.69. The summed E-state index contributed by atoms with van der Waals surface area (Å²) < 4.78 is 11.0. The van der Waals surface area contributed by atoms with E-state index in [0.717, 1.165) is 22.7 Å². The summed E-state index contributed by atoms with van der Waals surface area (Å²) in [5, 5.41) is 6.58. The van der Waals surface area contributed by atoms with Gasteiger partial charge < -0.3 is 20.1 Å². The molecule has 3 rings (SSSR count). The lowest BCUT2D eigenvalue weighted by Gasteiger charge is -2.16. The standard InChI is InChI=1S/C22H26N4O2/c1-16(2)28-20-12-8-7-11-18(20)24-21-15-19(17-9-5-4-6-10-17)25-22(26-21)23-13-14-27-3/h4-12,15-16H,13-14H2,1-3H3,(H2,23,24,25,26). The normalized spacial score (nSPS) is 10.7. The summed E-state index contributed by atoms with van der Waals surface area (Å²) in [5.74, 6) is 2.02. The fourth-order valence-corrected chi connectivity index (χ4v) is 2.68. The number of ether oxygens (including phenoxy) is 2. The molecule has 1 heterocycles. The van der Waals surface area contributed by atoms with Crippen molar-refractivity contribution in [2.24, 2.45) is 0 Å². The average molecular weight is 378 g/mol. The van der Waals surface area contributed by atoms with Crippen molar-refractivity contribution in [3.8, 4) is 17.0 Å². The number of hydrogen-bond donors (Lipinski definition) is 2. The summed E-state index contributed by atoms with van der Waals surface area (Å²) in [6.45, 7) is 5.22. The molecule has 1 aromatic heterocycles. The zero-order valence-electron chi connectivity index (χ0n) is 16.5. The number of benzene rings is 2. The quantitative estimate of drug-likeness (QED) is 0.525. The summed E-state index contributed by atoms with van der Waals surface area (Å²) >= 11 is 0. The van der Waals surface area contributed by atoms with Gasteiger partial charge in [-0.25, -0.2) is 4.98 Å². The predicted molar refractivity (Wildman–Crippen MR) is 113 cm³/mol. The van der Waals surface area contributed by atoms with Crippen LogP contribution < -0.4 is 15.4 Å². The van der Waals surface area contributed by atoms with Gasteiger partial charge in [0, 0.05) is 25.3 Å². The summed E-state index contributed by atoms with van der Waals surface area (Å²) in [7, 11) is 1.67. The minimum absolute atomic E-state index is 0.0829. The molecular weight excluding hydrogens is 352 g/mol. The third-order valence-corrected chi connectivity index (χ3v) is 3.90. The highest BCUT2D eigenvalue weighted by Crippen LogP contribution is 2.29. The molecule has 0 saturated carbocycles. The second-order valence-electron chi connectivity index (χ2n) is 6.54. The van der Waals surface area contributed by atoms with E-state index in [4.69, 9.17) is 9.47 Å². The molecule has 3 aromatic rings. The van der Waals surface area contributed by atoms with E-state index in [1.807, 2.05) is 74.5 Å². The molecule has 6 nitrogen and oxygen atoms in total. The van der Waals surface area contributed by atoms with E-state index in [9.17, 15) is 0 Å². The largest absolute Gasteiger partial charge is 0.489 e. The zero-order chi connectivity index (χ0) is 19.8. The Balaban J connectivity index is 1.92. The number of hydrogen-bond acceptors (Lipinski definition) is 6. The number of nitrogens with zero attached hydrogens (tertiary/aromatic N) is 2. The second-order valence-corrected chi connectivity index (χ2v) is 6.54. The maximum Gasteiger partial charge on any atom is 0.225 e. The number of aromatic nitrogens is 2. The summed E-state index contributed by atoms with van der Waals surface area (Å²) in [5.41, 5.74) is 2.71. The highest BCUT2D eigenvalue weighted by atomic mass is 16.5. The Morgan fingerprint density at radius 1 is 0.964 bits per heavy atom. The first-order valence-corrected chi connectivity index (χ1v) is 9.35. The van der Waals surface area contributed by atoms with Crippen molar-refractivity contribution >= 4 is 17.5 Å². The number of nitrogens with one attached hydrogen (secondary N) is 2. The Hall–Kier alpha value is -3.12. The smallest absolute Gasteiger partial charge is 0.225 e. The molecular formula is C22H26N4O2. The van der Waals surface area contributed by atoms with Crippen molar-refractivity contribution in [3.63, 3.8) is 0 Å². The molecule has 6 heteroatoms. The number of para-hydroxylation sites is 2. The number of anilines is 3. The van der Waals surface area contributed by atoms with Crippen LogP contribution in [-0.4, -0.2) is 36.3 Å². The highest BCUT2D eigenvalue weighted by Gasteiger charge is 2.10. The van der Waals surface area contributed by atoms with Gasteiger partial charge in [0.25, 0.3) is 0 Å². The summed E-state index contributed by atoms with van der Waals surface area (Å²) in [6, 6.07) is 19.8. The Labute approximate surface area is 166 Å². The van der Waals surface area contributed by atoms with Gasteiger partial charge >= 0.3 is 0 Å². The van der Waals surface area contributed by atoms with Gasteiger partial charge in [-0.2, -0.15) is 4.98 Å². The molecule has 146 valence electrons. The van der Waals surface area contributed by atoms with Crippen LogP contribution >= 0.6 is 0 Å². The molecule has 0 spiro atoms. The topological polar surface area (TPSA) is 68.3 Å². The van der Waals surface area contributed by atoms with Gasteiger partial charge in [-0.1, -0.05) is 42.5 Å². The van der Waals surface area contributed by atoms with E-state index in [-0.39, 0.29) is 6.10 Å². The SMILES string of the molecule is COCCNc1nc(Nc2ccccc2OC(C)C)cc(-c2ccccc2)n1. The van der Waals surface area contributed by atoms with Crippen molar-refractivity contribution in [1.82, 2.24) is 9.97 Å². The van der Waals surface area contributed by atoms with Crippen LogP contribution in [0.1, 0.15) is 13.8 Å². The van der Waals surface area contributed by atoms with Gasteiger partial charge in [-0.3, -0.25) is 0 Å². The summed E-state index contributed by atoms with van der Waals surface area (Å²) in [6.07, 6.45) is 0.0829. The Kier molecular flexibility index (Phi) is 6.81. The van der Waals surface area contributed by atoms with Gasteiger partial charge in [0.15, 0.2) is 0 Å². The van der Waals surface area contributed by atoms with E-state index in [0.29, 0.717) is 24.9 Å². The third-order valence-electron chi connectivity index (χ3n) is 3.90. The molecule has 2 aromatic carbocycles. The van der Waals surface area contributed by atoms with Gasteiger partial charge in [-0.05, 0) is 26.0 Å². The average Bonchev–Trinajstić information content (AvgIpc) is 2.70. The second kappa shape index (κ2) is 9.71. The van der Waals surface area contributed by atoms with Gasteiger partial charge in [-0.15, -0.1) is 0 Å². The monoisotopic (exact) mass is 378 g/mol. The van der Waals surface area contributed by atoms with Gasteiger partial charge in [0.1, 0.15) is 11.6 Å². The molecule has 0 atom stereocenters. The Morgan fingerprint density at radius 3 is 2.46 bits per heavy atom. The van der Waals surface area contributed by atoms with Crippen LogP contribution in [-0.2, 0) is 4.74 Å². The van der Waals surface area contributed by atoms with E-state index < -0.39 is 0 Å². The van der Waals surface area contributed by atoms with Crippen LogP contribution in [0.5, 0.6) is 5.75 Å². The Morgan fingerprint density at radius 2 is 1.71 bits per heavy atom. The zero-order valence-corrected chi connectivity index (χ0v) is 16.5. The van der Waals surface area contributed by atoms with E-state index in [1.165, 1.54) is 0 Å². The van der Waals surface area contributed by atoms with Crippen LogP contribution in [0.2, 0.25) is 0 Å². The van der Waals surface area contributed by atoms with E-state index >= 15 is 0 Å². The van der Waals surface area contributed by atoms with Gasteiger partial charge in [0.05, 0.1) is 24.1 Å². The van der Waals surface area contributed by atoms with Crippen LogP contribution in [0.15, 0.2) is 60.7 Å². The van der Waals surface area contributed by atoms with Crippen molar-refractivity contribution in [2.45, 2.75) is 20.0 Å². The molecule has 0 aliphatic carbocycles. The fourth-order valence-electron chi connectivity index (χ4n) is 2.68. The van der Waals surface area contributed by atoms with Gasteiger partial charge in [0.2, 0.25) is 5.95 Å². The molecule has 0 saturated heterocycles. The van der Waals surface area contributed by atoms with Crippen molar-refractivity contribution in [3.05, 3.63) is 60.7 Å². The molecule has 0 fully saturated rings. The predicted octanol–water partition coefficient (Wildman–Crippen LogP) is 4.73. The lowest BCUT2D eigenvalue weighted by molar-refractivity contribution is 0.210. The van der Waals surface area contributed by atoms with Crippen LogP contribution in [0.4, 0.5) is 17.5 Å². The van der Waals surface area contributed by atoms with E-state index in [1.54, 1.807) is 7.11 Å². The van der Waals surface area contributed by atoms with Crippen molar-refractivity contribution < 1.29 is 9.47 Å². The van der Waals surface area contributed by atoms with Crippen LogP contribution in [0, 0.1) is 0 Å². The maximum absolute atomic E-state index is 5.90. The molecule has 0 radical (unpaired) electrons. The molecule has 0 amide bonds. The molecule has 28 heavy (non-hydrogen) atoms. The molecule has 2 N–H and O–H groups in total. The first-order chi connectivity index (χ1) is 13.7. The lowest BCUT2D eigenvalue weighted by atomic mass is 10.1. The maximum atomic E-state index is 5.90. The summed E-state index contributed by atoms with van der Waals surface area (Å²) in [4.78, 5) is 9.24. The first-order valence-electron chi connectivity index (χ1n) is 9.35. The number of methoxy groups -OCH3 is 1. The molecule has 0 unspecified atom stereocenters. The third kappa shape index (κ3) is 5.44. The van der Waals surface area contributed by atoms with E-state index in [2.05, 4.69) is 20.6 Å². The van der Waals surface area contributed by atoms with Crippen LogP contribution in [0.25, 0.3) is 11.3 Å². The minimum atomic E-state index is 0.0829. The van der Waals surface area contributed by atoms with Crippen molar-refractivity contribution in [2.75, 3.05) is 30.9 Å². The number of rotatable bonds is 9. The van der Waals surface area contributed by atoms with Crippen molar-refractivity contribution in [1.29, 1.82) is 0 Å².